The Kier molecular flexibility index (Phi) is 6.52. The van der Waals surface area contributed by atoms with Crippen LogP contribution in [0.1, 0.15) is 18.4 Å². The van der Waals surface area contributed by atoms with E-state index in [0.717, 1.165) is 25.1 Å². The molecule has 0 saturated carbocycles. The molecule has 1 aliphatic heterocycles. The van der Waals surface area contributed by atoms with Crippen LogP contribution in [0.15, 0.2) is 23.1 Å². The minimum absolute atomic E-state index is 0. The fraction of sp³-hybridized carbons (Fsp3) is 0.500. The van der Waals surface area contributed by atoms with Crippen molar-refractivity contribution in [1.82, 2.24) is 10.0 Å². The Morgan fingerprint density at radius 3 is 2.55 bits per heavy atom. The number of rotatable bonds is 3. The molecule has 126 valence electrons. The van der Waals surface area contributed by atoms with E-state index in [1.54, 1.807) is 0 Å². The summed E-state index contributed by atoms with van der Waals surface area (Å²) in [6.45, 7) is 1.14. The van der Waals surface area contributed by atoms with Crippen molar-refractivity contribution in [3.63, 3.8) is 0 Å². The number of halogens is 5. The molecule has 1 aliphatic rings. The number of hydrogen-bond donors (Lipinski definition) is 2. The average Bonchev–Trinajstić information content (AvgIpc) is 2.37. The van der Waals surface area contributed by atoms with E-state index >= 15 is 0 Å². The molecule has 2 N–H and O–H groups in total. The summed E-state index contributed by atoms with van der Waals surface area (Å²) in [5.41, 5.74) is -1.26. The predicted octanol–water partition coefficient (Wildman–Crippen LogP) is 2.81. The summed E-state index contributed by atoms with van der Waals surface area (Å²) in [6.07, 6.45) is -3.47. The molecule has 1 unspecified atom stereocenters. The molecule has 1 atom stereocenters. The minimum Gasteiger partial charge on any atom is -0.315 e. The van der Waals surface area contributed by atoms with Gasteiger partial charge >= 0.3 is 6.18 Å². The Labute approximate surface area is 137 Å². The number of benzene rings is 1. The van der Waals surface area contributed by atoms with Crippen molar-refractivity contribution in [2.45, 2.75) is 30.0 Å². The summed E-state index contributed by atoms with van der Waals surface area (Å²) >= 11 is 5.70. The summed E-state index contributed by atoms with van der Waals surface area (Å²) in [6, 6.07) is 2.47. The van der Waals surface area contributed by atoms with Gasteiger partial charge in [-0.3, -0.25) is 0 Å². The maximum Gasteiger partial charge on any atom is 0.417 e. The molecule has 1 saturated heterocycles. The highest BCUT2D eigenvalue weighted by Gasteiger charge is 2.39. The molecule has 0 spiro atoms. The molecule has 0 aliphatic carbocycles. The van der Waals surface area contributed by atoms with Gasteiger partial charge in [-0.05, 0) is 31.5 Å². The first-order chi connectivity index (χ1) is 9.72. The number of nitrogens with one attached hydrogen (secondary N) is 2. The topological polar surface area (TPSA) is 58.2 Å². The summed E-state index contributed by atoms with van der Waals surface area (Å²) in [4.78, 5) is -0.912. The number of hydrogen-bond acceptors (Lipinski definition) is 3. The van der Waals surface area contributed by atoms with Crippen LogP contribution in [-0.2, 0) is 16.2 Å². The summed E-state index contributed by atoms with van der Waals surface area (Å²) in [5, 5.41) is 2.54. The van der Waals surface area contributed by atoms with Gasteiger partial charge in [0, 0.05) is 12.6 Å². The predicted molar refractivity (Wildman–Crippen MR) is 79.9 cm³/mol. The van der Waals surface area contributed by atoms with E-state index in [1.807, 2.05) is 0 Å². The molecule has 0 radical (unpaired) electrons. The monoisotopic (exact) mass is 378 g/mol. The second-order valence-electron chi connectivity index (χ2n) is 4.78. The molecule has 0 bridgehead atoms. The standard InChI is InChI=1S/C12H14ClF3N2O2S.ClH/c13-10-5-1-4-9(12(14,15)16)11(10)21(19,20)18-8-3-2-6-17-7-8;/h1,4-5,8,17-18H,2-3,6-7H2;1H. The Morgan fingerprint density at radius 2 is 2.00 bits per heavy atom. The van der Waals surface area contributed by atoms with E-state index in [1.165, 1.54) is 0 Å². The molecule has 0 amide bonds. The lowest BCUT2D eigenvalue weighted by Gasteiger charge is -2.24. The van der Waals surface area contributed by atoms with Gasteiger partial charge in [0.15, 0.2) is 0 Å². The van der Waals surface area contributed by atoms with E-state index in [9.17, 15) is 21.6 Å². The van der Waals surface area contributed by atoms with E-state index in [0.29, 0.717) is 19.0 Å². The lowest BCUT2D eigenvalue weighted by molar-refractivity contribution is -0.139. The van der Waals surface area contributed by atoms with Crippen molar-refractivity contribution in [3.8, 4) is 0 Å². The normalized spacial score (nSPS) is 19.5. The lowest BCUT2D eigenvalue weighted by Crippen LogP contribution is -2.45. The van der Waals surface area contributed by atoms with E-state index in [-0.39, 0.29) is 12.4 Å². The SMILES string of the molecule is Cl.O=S(=O)(NC1CCCNC1)c1c(Cl)cccc1C(F)(F)F. The first-order valence-corrected chi connectivity index (χ1v) is 8.16. The van der Waals surface area contributed by atoms with Crippen LogP contribution in [0.4, 0.5) is 13.2 Å². The number of sulfonamides is 1. The van der Waals surface area contributed by atoms with Gasteiger partial charge in [0.1, 0.15) is 4.90 Å². The Balaban J connectivity index is 0.00000242. The second kappa shape index (κ2) is 7.35. The summed E-state index contributed by atoms with van der Waals surface area (Å²) in [7, 11) is -4.35. The highest BCUT2D eigenvalue weighted by atomic mass is 35.5. The third kappa shape index (κ3) is 4.48. The third-order valence-electron chi connectivity index (χ3n) is 3.16. The van der Waals surface area contributed by atoms with Crippen molar-refractivity contribution >= 4 is 34.0 Å². The van der Waals surface area contributed by atoms with Gasteiger partial charge in [0.25, 0.3) is 0 Å². The van der Waals surface area contributed by atoms with Crippen molar-refractivity contribution in [2.75, 3.05) is 13.1 Å². The molecule has 1 aromatic rings. The molecule has 22 heavy (non-hydrogen) atoms. The van der Waals surface area contributed by atoms with Crippen molar-refractivity contribution in [2.24, 2.45) is 0 Å². The average molecular weight is 379 g/mol. The zero-order chi connectivity index (χ0) is 15.7. The molecular weight excluding hydrogens is 364 g/mol. The van der Waals surface area contributed by atoms with Crippen molar-refractivity contribution < 1.29 is 21.6 Å². The van der Waals surface area contributed by atoms with Gasteiger partial charge < -0.3 is 5.32 Å². The Bertz CT molecular complexity index is 617. The van der Waals surface area contributed by atoms with Gasteiger partial charge in [-0.2, -0.15) is 13.2 Å². The molecule has 0 aromatic heterocycles. The molecule has 1 fully saturated rings. The van der Waals surface area contributed by atoms with E-state index in [2.05, 4.69) is 10.0 Å². The van der Waals surface area contributed by atoms with Gasteiger partial charge in [-0.1, -0.05) is 17.7 Å². The van der Waals surface area contributed by atoms with E-state index < -0.39 is 37.7 Å². The first kappa shape index (κ1) is 19.5. The van der Waals surface area contributed by atoms with Crippen LogP contribution in [0.2, 0.25) is 5.02 Å². The summed E-state index contributed by atoms with van der Waals surface area (Å²) < 4.78 is 65.7. The zero-order valence-corrected chi connectivity index (χ0v) is 13.7. The molecular formula is C12H15Cl2F3N2O2S. The van der Waals surface area contributed by atoms with Gasteiger partial charge in [0.05, 0.1) is 10.6 Å². The van der Waals surface area contributed by atoms with Crippen LogP contribution < -0.4 is 10.0 Å². The lowest BCUT2D eigenvalue weighted by atomic mass is 10.1. The fourth-order valence-electron chi connectivity index (χ4n) is 2.24. The van der Waals surface area contributed by atoms with Gasteiger partial charge in [0.2, 0.25) is 10.0 Å². The Morgan fingerprint density at radius 1 is 1.32 bits per heavy atom. The maximum atomic E-state index is 13.0. The largest absolute Gasteiger partial charge is 0.417 e. The van der Waals surface area contributed by atoms with Crippen molar-refractivity contribution in [1.29, 1.82) is 0 Å². The van der Waals surface area contributed by atoms with Crippen molar-refractivity contribution in [3.05, 3.63) is 28.8 Å². The Hall–Kier alpha value is -0.540. The van der Waals surface area contributed by atoms with Crippen LogP contribution in [0.3, 0.4) is 0 Å². The number of alkyl halides is 3. The van der Waals surface area contributed by atoms with Crippen LogP contribution in [0.5, 0.6) is 0 Å². The highest BCUT2D eigenvalue weighted by molar-refractivity contribution is 7.89. The maximum absolute atomic E-state index is 13.0. The molecule has 1 aromatic carbocycles. The van der Waals surface area contributed by atoms with E-state index in [4.69, 9.17) is 11.6 Å². The zero-order valence-electron chi connectivity index (χ0n) is 11.3. The highest BCUT2D eigenvalue weighted by Crippen LogP contribution is 2.37. The first-order valence-electron chi connectivity index (χ1n) is 6.30. The van der Waals surface area contributed by atoms with Crippen LogP contribution in [0, 0.1) is 0 Å². The smallest absolute Gasteiger partial charge is 0.315 e. The van der Waals surface area contributed by atoms with Crippen LogP contribution >= 0.6 is 24.0 Å². The van der Waals surface area contributed by atoms with Gasteiger partial charge in [-0.15, -0.1) is 12.4 Å². The second-order valence-corrected chi connectivity index (χ2v) is 6.84. The van der Waals surface area contributed by atoms with Crippen LogP contribution in [-0.4, -0.2) is 27.5 Å². The third-order valence-corrected chi connectivity index (χ3v) is 5.21. The molecule has 2 rings (SSSR count). The molecule has 4 nitrogen and oxygen atoms in total. The summed E-state index contributed by atoms with van der Waals surface area (Å²) in [5.74, 6) is 0. The minimum atomic E-state index is -4.79. The van der Waals surface area contributed by atoms with Crippen LogP contribution in [0.25, 0.3) is 0 Å². The fourth-order valence-corrected chi connectivity index (χ4v) is 4.27. The molecule has 1 heterocycles. The quantitative estimate of drug-likeness (QED) is 0.849. The van der Waals surface area contributed by atoms with Gasteiger partial charge in [-0.25, -0.2) is 13.1 Å². The molecule has 10 heteroatoms. The number of piperidine rings is 1.